The summed E-state index contributed by atoms with van der Waals surface area (Å²) in [5.74, 6) is -0.312. The van der Waals surface area contributed by atoms with Crippen LogP contribution in [0.2, 0.25) is 0 Å². The Balaban J connectivity index is 1.87. The molecule has 0 radical (unpaired) electrons. The third-order valence-electron chi connectivity index (χ3n) is 4.63. The molecule has 0 aliphatic carbocycles. The van der Waals surface area contributed by atoms with Gasteiger partial charge in [-0.1, -0.05) is 84.9 Å². The first-order valence-electron chi connectivity index (χ1n) is 10.3. The zero-order chi connectivity index (χ0) is 22.3. The Labute approximate surface area is 183 Å². The standard InChI is InChI=1S/C26H28N2O3/c1-26(2,3)31-28(19-29)24(25(30)27-18-20-10-6-4-7-11-20)23-16-14-22(15-17-23)21-12-8-5-9-13-21/h4-17,19,24H,18H2,1-3H3,(H,27,30). The number of rotatable bonds is 8. The van der Waals surface area contributed by atoms with E-state index < -0.39 is 11.6 Å². The van der Waals surface area contributed by atoms with Gasteiger partial charge in [0.2, 0.25) is 12.3 Å². The molecule has 3 aromatic carbocycles. The molecule has 0 heterocycles. The Bertz CT molecular complexity index is 981. The van der Waals surface area contributed by atoms with E-state index in [0.717, 1.165) is 21.8 Å². The van der Waals surface area contributed by atoms with E-state index in [1.807, 2.05) is 106 Å². The van der Waals surface area contributed by atoms with Crippen LogP contribution in [-0.4, -0.2) is 23.0 Å². The van der Waals surface area contributed by atoms with Gasteiger partial charge >= 0.3 is 0 Å². The topological polar surface area (TPSA) is 58.6 Å². The summed E-state index contributed by atoms with van der Waals surface area (Å²) in [6.45, 7) is 5.86. The Morgan fingerprint density at radius 3 is 2.00 bits per heavy atom. The lowest BCUT2D eigenvalue weighted by atomic mass is 10.00. The molecule has 31 heavy (non-hydrogen) atoms. The highest BCUT2D eigenvalue weighted by Crippen LogP contribution is 2.27. The molecule has 160 valence electrons. The van der Waals surface area contributed by atoms with Gasteiger partial charge in [-0.2, -0.15) is 0 Å². The minimum Gasteiger partial charge on any atom is -0.350 e. The van der Waals surface area contributed by atoms with E-state index in [1.54, 1.807) is 0 Å². The second-order valence-electron chi connectivity index (χ2n) is 8.26. The molecule has 2 amide bonds. The molecule has 1 unspecified atom stereocenters. The summed E-state index contributed by atoms with van der Waals surface area (Å²) in [7, 11) is 0. The van der Waals surface area contributed by atoms with Crippen LogP contribution >= 0.6 is 0 Å². The molecular formula is C26H28N2O3. The Morgan fingerprint density at radius 1 is 0.903 bits per heavy atom. The molecule has 3 aromatic rings. The van der Waals surface area contributed by atoms with Crippen LogP contribution in [0.1, 0.15) is 37.9 Å². The van der Waals surface area contributed by atoms with Gasteiger partial charge in [0.1, 0.15) is 0 Å². The first kappa shape index (κ1) is 22.2. The molecule has 1 atom stereocenters. The summed E-state index contributed by atoms with van der Waals surface area (Å²) in [5.41, 5.74) is 3.12. The quantitative estimate of drug-likeness (QED) is 0.420. The van der Waals surface area contributed by atoms with Crippen LogP contribution in [0.4, 0.5) is 0 Å². The number of benzene rings is 3. The molecule has 0 saturated heterocycles. The van der Waals surface area contributed by atoms with Crippen molar-refractivity contribution in [1.82, 2.24) is 10.4 Å². The molecule has 5 heteroatoms. The molecule has 1 N–H and O–H groups in total. The van der Waals surface area contributed by atoms with Crippen LogP contribution in [0, 0.1) is 0 Å². The van der Waals surface area contributed by atoms with E-state index in [-0.39, 0.29) is 5.91 Å². The zero-order valence-corrected chi connectivity index (χ0v) is 18.1. The zero-order valence-electron chi connectivity index (χ0n) is 18.1. The summed E-state index contributed by atoms with van der Waals surface area (Å²) in [6, 6.07) is 26.3. The number of hydrogen-bond acceptors (Lipinski definition) is 3. The van der Waals surface area contributed by atoms with Gasteiger partial charge in [-0.05, 0) is 43.0 Å². The molecule has 0 aliphatic rings. The van der Waals surface area contributed by atoms with Crippen molar-refractivity contribution in [2.75, 3.05) is 0 Å². The van der Waals surface area contributed by atoms with Crippen LogP contribution in [0.5, 0.6) is 0 Å². The van der Waals surface area contributed by atoms with Crippen molar-refractivity contribution in [2.45, 2.75) is 39.0 Å². The average molecular weight is 417 g/mol. The summed E-state index contributed by atoms with van der Waals surface area (Å²) < 4.78 is 0. The van der Waals surface area contributed by atoms with Crippen LogP contribution in [-0.2, 0) is 21.0 Å². The van der Waals surface area contributed by atoms with E-state index in [1.165, 1.54) is 0 Å². The van der Waals surface area contributed by atoms with E-state index >= 15 is 0 Å². The average Bonchev–Trinajstić information content (AvgIpc) is 2.78. The van der Waals surface area contributed by atoms with Crippen molar-refractivity contribution in [3.63, 3.8) is 0 Å². The number of carbonyl (C=O) groups is 2. The number of nitrogens with one attached hydrogen (secondary N) is 1. The monoisotopic (exact) mass is 416 g/mol. The minimum atomic E-state index is -0.912. The molecule has 0 fully saturated rings. The van der Waals surface area contributed by atoms with Gasteiger partial charge in [0.15, 0.2) is 6.04 Å². The normalized spacial score (nSPS) is 12.1. The van der Waals surface area contributed by atoms with Crippen molar-refractivity contribution in [3.8, 4) is 11.1 Å². The highest BCUT2D eigenvalue weighted by atomic mass is 16.7. The van der Waals surface area contributed by atoms with E-state index in [0.29, 0.717) is 18.5 Å². The Morgan fingerprint density at radius 2 is 1.45 bits per heavy atom. The molecule has 0 saturated carbocycles. The third kappa shape index (κ3) is 6.27. The van der Waals surface area contributed by atoms with Crippen LogP contribution in [0.15, 0.2) is 84.9 Å². The summed E-state index contributed by atoms with van der Waals surface area (Å²) in [4.78, 5) is 30.8. The smallest absolute Gasteiger partial charge is 0.250 e. The number of hydroxylamine groups is 2. The van der Waals surface area contributed by atoms with E-state index in [9.17, 15) is 9.59 Å². The first-order valence-corrected chi connectivity index (χ1v) is 10.3. The third-order valence-corrected chi connectivity index (χ3v) is 4.63. The lowest BCUT2D eigenvalue weighted by Gasteiger charge is -2.32. The molecule has 0 spiro atoms. The molecule has 0 aromatic heterocycles. The van der Waals surface area contributed by atoms with Gasteiger partial charge in [0.05, 0.1) is 5.60 Å². The number of amides is 2. The summed E-state index contributed by atoms with van der Waals surface area (Å²) in [6.07, 6.45) is 0.559. The largest absolute Gasteiger partial charge is 0.350 e. The summed E-state index contributed by atoms with van der Waals surface area (Å²) >= 11 is 0. The maximum atomic E-state index is 13.2. The second kappa shape index (κ2) is 10.0. The fraction of sp³-hybridized carbons (Fsp3) is 0.231. The predicted molar refractivity (Wildman–Crippen MR) is 122 cm³/mol. The van der Waals surface area contributed by atoms with Gasteiger partial charge in [0.25, 0.3) is 0 Å². The number of nitrogens with zero attached hydrogens (tertiary/aromatic N) is 1. The fourth-order valence-corrected chi connectivity index (χ4v) is 3.24. The molecular weight excluding hydrogens is 388 g/mol. The number of carbonyl (C=O) groups excluding carboxylic acids is 2. The number of hydrogen-bond donors (Lipinski definition) is 1. The van der Waals surface area contributed by atoms with Crippen molar-refractivity contribution in [3.05, 3.63) is 96.1 Å². The highest BCUT2D eigenvalue weighted by molar-refractivity contribution is 5.85. The highest BCUT2D eigenvalue weighted by Gasteiger charge is 2.31. The van der Waals surface area contributed by atoms with E-state index in [2.05, 4.69) is 5.32 Å². The fourth-order valence-electron chi connectivity index (χ4n) is 3.24. The van der Waals surface area contributed by atoms with Crippen molar-refractivity contribution in [1.29, 1.82) is 0 Å². The van der Waals surface area contributed by atoms with Gasteiger partial charge in [-0.3, -0.25) is 14.4 Å². The van der Waals surface area contributed by atoms with Gasteiger partial charge in [0, 0.05) is 6.54 Å². The molecule has 3 rings (SSSR count). The van der Waals surface area contributed by atoms with Gasteiger partial charge in [-0.15, -0.1) is 0 Å². The van der Waals surface area contributed by atoms with Crippen LogP contribution in [0.3, 0.4) is 0 Å². The van der Waals surface area contributed by atoms with Crippen molar-refractivity contribution in [2.24, 2.45) is 0 Å². The van der Waals surface area contributed by atoms with Gasteiger partial charge in [-0.25, -0.2) is 5.06 Å². The first-order chi connectivity index (χ1) is 14.9. The maximum absolute atomic E-state index is 13.2. The maximum Gasteiger partial charge on any atom is 0.250 e. The molecule has 5 nitrogen and oxygen atoms in total. The van der Waals surface area contributed by atoms with Crippen molar-refractivity contribution < 1.29 is 14.4 Å². The Kier molecular flexibility index (Phi) is 7.21. The Hall–Kier alpha value is -3.44. The van der Waals surface area contributed by atoms with Crippen LogP contribution in [0.25, 0.3) is 11.1 Å². The van der Waals surface area contributed by atoms with Crippen LogP contribution < -0.4 is 5.32 Å². The lowest BCUT2D eigenvalue weighted by molar-refractivity contribution is -0.232. The van der Waals surface area contributed by atoms with Crippen molar-refractivity contribution >= 4 is 12.3 Å². The minimum absolute atomic E-state index is 0.312. The van der Waals surface area contributed by atoms with E-state index in [4.69, 9.17) is 4.84 Å². The molecule has 0 aliphatic heterocycles. The molecule has 0 bridgehead atoms. The van der Waals surface area contributed by atoms with Gasteiger partial charge < -0.3 is 5.32 Å². The lowest BCUT2D eigenvalue weighted by Crippen LogP contribution is -2.43. The predicted octanol–water partition coefficient (Wildman–Crippen LogP) is 4.90. The SMILES string of the molecule is CC(C)(C)ON(C=O)C(C(=O)NCc1ccccc1)c1ccc(-c2ccccc2)cc1. The summed E-state index contributed by atoms with van der Waals surface area (Å²) in [5, 5.41) is 4.02. The second-order valence-corrected chi connectivity index (χ2v) is 8.26.